The molecule has 0 spiro atoms. The molecule has 0 amide bonds. The summed E-state index contributed by atoms with van der Waals surface area (Å²) in [6.07, 6.45) is 4.79. The molecule has 0 heterocycles. The van der Waals surface area contributed by atoms with Gasteiger partial charge in [0.15, 0.2) is 11.5 Å². The molecule has 1 aliphatic carbocycles. The third-order valence-corrected chi connectivity index (χ3v) is 4.28. The lowest BCUT2D eigenvalue weighted by molar-refractivity contribution is 0.100. The first-order valence-corrected chi connectivity index (χ1v) is 7.88. The zero-order chi connectivity index (χ0) is 15.1. The molecule has 0 aliphatic heterocycles. The largest absolute Gasteiger partial charge is 0.493 e. The minimum atomic E-state index is -0.515. The number of para-hydroxylation sites is 2. The predicted molar refractivity (Wildman–Crippen MR) is 83.9 cm³/mol. The summed E-state index contributed by atoms with van der Waals surface area (Å²) in [7, 11) is 1.61. The Labute approximate surface area is 127 Å². The minimum Gasteiger partial charge on any atom is -0.493 e. The number of nitrogens with one attached hydrogen (secondary N) is 1. The van der Waals surface area contributed by atoms with E-state index in [0.717, 1.165) is 5.92 Å². The summed E-state index contributed by atoms with van der Waals surface area (Å²) in [6.45, 7) is 3.04. The third kappa shape index (κ3) is 4.90. The molecule has 1 saturated carbocycles. The van der Waals surface area contributed by atoms with Crippen LogP contribution in [0.15, 0.2) is 24.3 Å². The zero-order valence-corrected chi connectivity index (χ0v) is 13.0. The molecule has 4 heteroatoms. The highest BCUT2D eigenvalue weighted by Gasteiger charge is 2.21. The Bertz CT molecular complexity index is 418. The van der Waals surface area contributed by atoms with Gasteiger partial charge in [0, 0.05) is 12.6 Å². The van der Waals surface area contributed by atoms with Crippen molar-refractivity contribution in [3.63, 3.8) is 0 Å². The van der Waals surface area contributed by atoms with Crippen LogP contribution < -0.4 is 14.8 Å². The number of benzene rings is 1. The Morgan fingerprint density at radius 3 is 2.57 bits per heavy atom. The Balaban J connectivity index is 1.70. The Morgan fingerprint density at radius 2 is 1.90 bits per heavy atom. The van der Waals surface area contributed by atoms with Crippen molar-refractivity contribution in [1.29, 1.82) is 0 Å². The lowest BCUT2D eigenvalue weighted by atomic mass is 10.00. The molecule has 0 aromatic heterocycles. The van der Waals surface area contributed by atoms with Gasteiger partial charge in [-0.25, -0.2) is 0 Å². The quantitative estimate of drug-likeness (QED) is 0.773. The van der Waals surface area contributed by atoms with Crippen LogP contribution in [0.25, 0.3) is 0 Å². The second-order valence-electron chi connectivity index (χ2n) is 5.86. The van der Waals surface area contributed by atoms with E-state index in [1.807, 2.05) is 24.3 Å². The van der Waals surface area contributed by atoms with Crippen molar-refractivity contribution in [2.45, 2.75) is 44.8 Å². The monoisotopic (exact) mass is 293 g/mol. The predicted octanol–water partition coefficient (Wildman–Crippen LogP) is 2.60. The van der Waals surface area contributed by atoms with Crippen molar-refractivity contribution in [3.8, 4) is 11.5 Å². The summed E-state index contributed by atoms with van der Waals surface area (Å²) in [4.78, 5) is 0. The number of aliphatic hydroxyl groups excluding tert-OH is 1. The highest BCUT2D eigenvalue weighted by atomic mass is 16.5. The van der Waals surface area contributed by atoms with Crippen LogP contribution in [-0.2, 0) is 0 Å². The van der Waals surface area contributed by atoms with Crippen LogP contribution in [0.4, 0.5) is 0 Å². The molecular formula is C17H27NO3. The standard InChI is InChI=1S/C17H27NO3/c1-13(14-7-3-4-8-14)18-11-15(19)12-21-17-10-6-5-9-16(17)20-2/h5-6,9-10,13-15,18-19H,3-4,7-8,11-12H2,1-2H3. The summed E-state index contributed by atoms with van der Waals surface area (Å²) >= 11 is 0. The van der Waals surface area contributed by atoms with Gasteiger partial charge in [-0.1, -0.05) is 25.0 Å². The van der Waals surface area contributed by atoms with E-state index >= 15 is 0 Å². The second kappa shape index (κ2) is 8.25. The number of hydrogen-bond donors (Lipinski definition) is 2. The van der Waals surface area contributed by atoms with Crippen molar-refractivity contribution >= 4 is 0 Å². The first-order chi connectivity index (χ1) is 10.2. The second-order valence-corrected chi connectivity index (χ2v) is 5.86. The molecule has 2 rings (SSSR count). The van der Waals surface area contributed by atoms with Crippen molar-refractivity contribution in [2.24, 2.45) is 5.92 Å². The fourth-order valence-electron chi connectivity index (χ4n) is 2.93. The number of hydrogen-bond acceptors (Lipinski definition) is 4. The molecule has 0 bridgehead atoms. The maximum Gasteiger partial charge on any atom is 0.161 e. The molecule has 2 atom stereocenters. The molecule has 1 aliphatic rings. The van der Waals surface area contributed by atoms with Crippen LogP contribution in [0.2, 0.25) is 0 Å². The Hall–Kier alpha value is -1.26. The fraction of sp³-hybridized carbons (Fsp3) is 0.647. The van der Waals surface area contributed by atoms with E-state index in [4.69, 9.17) is 9.47 Å². The number of rotatable bonds is 8. The number of aliphatic hydroxyl groups is 1. The molecule has 0 saturated heterocycles. The zero-order valence-electron chi connectivity index (χ0n) is 13.0. The molecule has 1 aromatic carbocycles. The van der Waals surface area contributed by atoms with Crippen LogP contribution >= 0.6 is 0 Å². The maximum atomic E-state index is 10.0. The molecule has 118 valence electrons. The van der Waals surface area contributed by atoms with Gasteiger partial charge in [-0.15, -0.1) is 0 Å². The van der Waals surface area contributed by atoms with Crippen LogP contribution in [0, 0.1) is 5.92 Å². The van der Waals surface area contributed by atoms with E-state index < -0.39 is 6.10 Å². The van der Waals surface area contributed by atoms with E-state index in [0.29, 0.717) is 24.1 Å². The summed E-state index contributed by atoms with van der Waals surface area (Å²) in [5, 5.41) is 13.5. The smallest absolute Gasteiger partial charge is 0.161 e. The number of ether oxygens (including phenoxy) is 2. The normalized spacial score (nSPS) is 18.4. The van der Waals surface area contributed by atoms with E-state index in [2.05, 4.69) is 12.2 Å². The van der Waals surface area contributed by atoms with Crippen LogP contribution in [0.5, 0.6) is 11.5 Å². The molecule has 2 unspecified atom stereocenters. The molecule has 1 fully saturated rings. The lowest BCUT2D eigenvalue weighted by Gasteiger charge is -2.22. The van der Waals surface area contributed by atoms with E-state index in [1.165, 1.54) is 25.7 Å². The first kappa shape index (κ1) is 16.1. The maximum absolute atomic E-state index is 10.0. The van der Waals surface area contributed by atoms with Gasteiger partial charge in [0.1, 0.15) is 12.7 Å². The van der Waals surface area contributed by atoms with Gasteiger partial charge in [0.05, 0.1) is 7.11 Å². The molecular weight excluding hydrogens is 266 g/mol. The van der Waals surface area contributed by atoms with Gasteiger partial charge in [-0.05, 0) is 37.8 Å². The van der Waals surface area contributed by atoms with E-state index in [9.17, 15) is 5.11 Å². The lowest BCUT2D eigenvalue weighted by Crippen LogP contribution is -2.39. The topological polar surface area (TPSA) is 50.7 Å². The van der Waals surface area contributed by atoms with Crippen LogP contribution in [0.3, 0.4) is 0 Å². The summed E-state index contributed by atoms with van der Waals surface area (Å²) in [5.74, 6) is 2.12. The summed E-state index contributed by atoms with van der Waals surface area (Å²) in [6, 6.07) is 7.95. The van der Waals surface area contributed by atoms with Crippen LogP contribution in [-0.4, -0.2) is 37.5 Å². The molecule has 21 heavy (non-hydrogen) atoms. The van der Waals surface area contributed by atoms with Crippen molar-refractivity contribution in [2.75, 3.05) is 20.3 Å². The Kier molecular flexibility index (Phi) is 6.33. The van der Waals surface area contributed by atoms with Crippen molar-refractivity contribution in [1.82, 2.24) is 5.32 Å². The van der Waals surface area contributed by atoms with Crippen molar-refractivity contribution < 1.29 is 14.6 Å². The van der Waals surface area contributed by atoms with E-state index in [1.54, 1.807) is 7.11 Å². The van der Waals surface area contributed by atoms with Gasteiger partial charge in [-0.3, -0.25) is 0 Å². The average Bonchev–Trinajstić information content (AvgIpc) is 3.05. The highest BCUT2D eigenvalue weighted by Crippen LogP contribution is 2.27. The third-order valence-electron chi connectivity index (χ3n) is 4.28. The van der Waals surface area contributed by atoms with Crippen LogP contribution in [0.1, 0.15) is 32.6 Å². The summed E-state index contributed by atoms with van der Waals surface area (Å²) in [5.41, 5.74) is 0. The highest BCUT2D eigenvalue weighted by molar-refractivity contribution is 5.39. The molecule has 2 N–H and O–H groups in total. The first-order valence-electron chi connectivity index (χ1n) is 7.88. The molecule has 0 radical (unpaired) electrons. The number of methoxy groups -OCH3 is 1. The fourth-order valence-corrected chi connectivity index (χ4v) is 2.93. The SMILES string of the molecule is COc1ccccc1OCC(O)CNC(C)C1CCCC1. The van der Waals surface area contributed by atoms with E-state index in [-0.39, 0.29) is 6.61 Å². The van der Waals surface area contributed by atoms with Crippen molar-refractivity contribution in [3.05, 3.63) is 24.3 Å². The van der Waals surface area contributed by atoms with Gasteiger partial charge >= 0.3 is 0 Å². The Morgan fingerprint density at radius 1 is 1.24 bits per heavy atom. The molecule has 1 aromatic rings. The molecule has 4 nitrogen and oxygen atoms in total. The van der Waals surface area contributed by atoms with Gasteiger partial charge in [0.25, 0.3) is 0 Å². The van der Waals surface area contributed by atoms with Gasteiger partial charge in [-0.2, -0.15) is 0 Å². The van der Waals surface area contributed by atoms with Gasteiger partial charge in [0.2, 0.25) is 0 Å². The average molecular weight is 293 g/mol. The summed E-state index contributed by atoms with van der Waals surface area (Å²) < 4.78 is 10.9. The minimum absolute atomic E-state index is 0.269. The van der Waals surface area contributed by atoms with Gasteiger partial charge < -0.3 is 19.9 Å².